The molecule has 0 atom stereocenters. The fourth-order valence-electron chi connectivity index (χ4n) is 3.76. The maximum Gasteiger partial charge on any atom is 0.240 e. The highest BCUT2D eigenvalue weighted by molar-refractivity contribution is 7.89. The Morgan fingerprint density at radius 3 is 2.45 bits per heavy atom. The van der Waals surface area contributed by atoms with Crippen molar-refractivity contribution in [2.24, 2.45) is 5.92 Å². The summed E-state index contributed by atoms with van der Waals surface area (Å²) < 4.78 is 37.6. The lowest BCUT2D eigenvalue weighted by atomic mass is 9.95. The number of carbonyl (C=O) groups is 2. The van der Waals surface area contributed by atoms with Crippen molar-refractivity contribution in [3.05, 3.63) is 47.5 Å². The first-order valence-corrected chi connectivity index (χ1v) is 12.4. The van der Waals surface area contributed by atoms with E-state index in [1.165, 1.54) is 24.3 Å². The number of ether oxygens (including phenoxy) is 2. The van der Waals surface area contributed by atoms with Gasteiger partial charge < -0.3 is 19.7 Å². The first kappa shape index (κ1) is 23.3. The average molecular weight is 494 g/mol. The van der Waals surface area contributed by atoms with E-state index >= 15 is 0 Å². The number of benzene rings is 2. The maximum atomic E-state index is 12.6. The van der Waals surface area contributed by atoms with Crippen LogP contribution in [0.25, 0.3) is 0 Å². The van der Waals surface area contributed by atoms with Gasteiger partial charge in [0.1, 0.15) is 0 Å². The highest BCUT2D eigenvalue weighted by atomic mass is 35.5. The Kier molecular flexibility index (Phi) is 7.06. The van der Waals surface area contributed by atoms with Crippen molar-refractivity contribution >= 4 is 39.1 Å². The third kappa shape index (κ3) is 5.76. The van der Waals surface area contributed by atoms with Gasteiger partial charge in [-0.3, -0.25) is 9.59 Å². The summed E-state index contributed by atoms with van der Waals surface area (Å²) in [5.41, 5.74) is 0.635. The number of likely N-dealkylation sites (tertiary alicyclic amines) is 1. The number of halogens is 1. The van der Waals surface area contributed by atoms with E-state index in [2.05, 4.69) is 10.0 Å². The number of hydrogen-bond acceptors (Lipinski definition) is 6. The lowest BCUT2D eigenvalue weighted by molar-refractivity contribution is -0.134. The number of carbonyl (C=O) groups excluding carboxylic acids is 2. The third-order valence-electron chi connectivity index (χ3n) is 5.61. The summed E-state index contributed by atoms with van der Waals surface area (Å²) >= 11 is 5.78. The number of piperidine rings is 1. The van der Waals surface area contributed by atoms with E-state index in [1.807, 2.05) is 0 Å². The molecule has 2 N–H and O–H groups in total. The minimum absolute atomic E-state index is 0.00563. The molecule has 0 aliphatic carbocycles. The minimum Gasteiger partial charge on any atom is -0.454 e. The second-order valence-corrected chi connectivity index (χ2v) is 10.0. The van der Waals surface area contributed by atoms with Crippen molar-refractivity contribution in [2.75, 3.05) is 31.7 Å². The number of rotatable bonds is 7. The molecule has 0 aromatic heterocycles. The highest BCUT2D eigenvalue weighted by Gasteiger charge is 2.28. The van der Waals surface area contributed by atoms with E-state index in [1.54, 1.807) is 23.1 Å². The molecule has 11 heteroatoms. The molecule has 0 radical (unpaired) electrons. The van der Waals surface area contributed by atoms with Crippen molar-refractivity contribution in [3.8, 4) is 11.5 Å². The molecule has 0 bridgehead atoms. The smallest absolute Gasteiger partial charge is 0.240 e. The summed E-state index contributed by atoms with van der Waals surface area (Å²) in [4.78, 5) is 26.9. The molecule has 2 aliphatic rings. The predicted octanol–water partition coefficient (Wildman–Crippen LogP) is 2.61. The molecule has 9 nitrogen and oxygen atoms in total. The third-order valence-corrected chi connectivity index (χ3v) is 7.34. The van der Waals surface area contributed by atoms with Crippen LogP contribution in [-0.2, 0) is 19.6 Å². The molecule has 0 unspecified atom stereocenters. The molecular weight excluding hydrogens is 470 g/mol. The second kappa shape index (κ2) is 9.98. The zero-order chi connectivity index (χ0) is 23.4. The normalized spacial score (nSPS) is 16.0. The van der Waals surface area contributed by atoms with Crippen LogP contribution in [0.15, 0.2) is 47.4 Å². The lowest BCUT2D eigenvalue weighted by Gasteiger charge is -2.31. The van der Waals surface area contributed by atoms with Gasteiger partial charge in [0.2, 0.25) is 28.6 Å². The van der Waals surface area contributed by atoms with E-state index in [9.17, 15) is 18.0 Å². The first-order valence-electron chi connectivity index (χ1n) is 10.6. The van der Waals surface area contributed by atoms with Gasteiger partial charge in [-0.1, -0.05) is 11.6 Å². The fraction of sp³-hybridized carbons (Fsp3) is 0.364. The zero-order valence-electron chi connectivity index (χ0n) is 17.8. The maximum absolute atomic E-state index is 12.6. The van der Waals surface area contributed by atoms with Crippen LogP contribution in [-0.4, -0.2) is 51.6 Å². The van der Waals surface area contributed by atoms with Gasteiger partial charge in [-0.2, -0.15) is 0 Å². The molecule has 2 amide bonds. The van der Waals surface area contributed by atoms with Crippen molar-refractivity contribution in [1.82, 2.24) is 9.62 Å². The Bertz CT molecular complexity index is 1130. The number of anilines is 1. The largest absolute Gasteiger partial charge is 0.454 e. The van der Waals surface area contributed by atoms with Crippen LogP contribution in [0, 0.1) is 5.92 Å². The van der Waals surface area contributed by atoms with Crippen molar-refractivity contribution in [3.63, 3.8) is 0 Å². The van der Waals surface area contributed by atoms with Gasteiger partial charge in [0, 0.05) is 48.7 Å². The van der Waals surface area contributed by atoms with E-state index in [0.717, 1.165) is 0 Å². The van der Waals surface area contributed by atoms with Gasteiger partial charge in [0.05, 0.1) is 4.90 Å². The van der Waals surface area contributed by atoms with E-state index in [0.29, 0.717) is 48.1 Å². The summed E-state index contributed by atoms with van der Waals surface area (Å²) in [7, 11) is -3.71. The molecule has 2 heterocycles. The summed E-state index contributed by atoms with van der Waals surface area (Å²) in [5.74, 6) is 0.790. The topological polar surface area (TPSA) is 114 Å². The van der Waals surface area contributed by atoms with Gasteiger partial charge in [0.25, 0.3) is 0 Å². The van der Waals surface area contributed by atoms with Gasteiger partial charge in [0.15, 0.2) is 11.5 Å². The average Bonchev–Trinajstić information content (AvgIpc) is 3.27. The van der Waals surface area contributed by atoms with Crippen LogP contribution in [0.1, 0.15) is 19.3 Å². The van der Waals surface area contributed by atoms with Gasteiger partial charge in [-0.25, -0.2) is 13.1 Å². The number of fused-ring (bicyclic) bond motifs is 1. The minimum atomic E-state index is -3.71. The quantitative estimate of drug-likeness (QED) is 0.613. The van der Waals surface area contributed by atoms with Crippen molar-refractivity contribution in [2.45, 2.75) is 24.2 Å². The molecule has 4 rings (SSSR count). The van der Waals surface area contributed by atoms with E-state index in [-0.39, 0.29) is 42.4 Å². The lowest BCUT2D eigenvalue weighted by Crippen LogP contribution is -2.42. The SMILES string of the molecule is O=C(Nc1ccc2c(c1)OCO2)C1CCN(C(=O)CCNS(=O)(=O)c2ccc(Cl)cc2)CC1. The fourth-order valence-corrected chi connectivity index (χ4v) is 4.92. The second-order valence-electron chi connectivity index (χ2n) is 7.81. The number of amides is 2. The van der Waals surface area contributed by atoms with Gasteiger partial charge >= 0.3 is 0 Å². The number of sulfonamides is 1. The molecule has 33 heavy (non-hydrogen) atoms. The van der Waals surface area contributed by atoms with Crippen LogP contribution in [0.5, 0.6) is 11.5 Å². The molecule has 1 fully saturated rings. The Labute approximate surface area is 197 Å². The number of nitrogens with one attached hydrogen (secondary N) is 2. The molecule has 0 spiro atoms. The van der Waals surface area contributed by atoms with Crippen LogP contribution >= 0.6 is 11.6 Å². The Morgan fingerprint density at radius 1 is 1.03 bits per heavy atom. The van der Waals surface area contributed by atoms with Crippen LogP contribution in [0.2, 0.25) is 5.02 Å². The van der Waals surface area contributed by atoms with Crippen molar-refractivity contribution in [1.29, 1.82) is 0 Å². The highest BCUT2D eigenvalue weighted by Crippen LogP contribution is 2.34. The van der Waals surface area contributed by atoms with Gasteiger partial charge in [-0.15, -0.1) is 0 Å². The predicted molar refractivity (Wildman–Crippen MR) is 122 cm³/mol. The molecular formula is C22H24ClN3O6S. The Balaban J connectivity index is 1.21. The van der Waals surface area contributed by atoms with Gasteiger partial charge in [-0.05, 0) is 49.2 Å². The van der Waals surface area contributed by atoms with Crippen molar-refractivity contribution < 1.29 is 27.5 Å². The zero-order valence-corrected chi connectivity index (χ0v) is 19.3. The molecule has 2 aromatic rings. The summed E-state index contributed by atoms with van der Waals surface area (Å²) in [6.45, 7) is 1.06. The number of hydrogen-bond donors (Lipinski definition) is 2. The summed E-state index contributed by atoms with van der Waals surface area (Å²) in [5, 5.41) is 3.33. The molecule has 176 valence electrons. The molecule has 2 aromatic carbocycles. The summed E-state index contributed by atoms with van der Waals surface area (Å²) in [6.07, 6.45) is 1.12. The van der Waals surface area contributed by atoms with Crippen LogP contribution in [0.3, 0.4) is 0 Å². The molecule has 2 aliphatic heterocycles. The van der Waals surface area contributed by atoms with E-state index in [4.69, 9.17) is 21.1 Å². The molecule has 1 saturated heterocycles. The Hall–Kier alpha value is -2.82. The monoisotopic (exact) mass is 493 g/mol. The molecule has 0 saturated carbocycles. The number of nitrogens with zero attached hydrogens (tertiary/aromatic N) is 1. The van der Waals surface area contributed by atoms with E-state index < -0.39 is 10.0 Å². The summed E-state index contributed by atoms with van der Waals surface area (Å²) in [6, 6.07) is 11.0. The Morgan fingerprint density at radius 2 is 1.73 bits per heavy atom. The standard InChI is InChI=1S/C22H24ClN3O6S/c23-16-1-4-18(5-2-16)33(29,30)24-10-7-21(27)26-11-8-15(9-12-26)22(28)25-17-3-6-19-20(13-17)32-14-31-19/h1-6,13,15,24H,7-12,14H2,(H,25,28). The van der Waals surface area contributed by atoms with Crippen LogP contribution in [0.4, 0.5) is 5.69 Å². The van der Waals surface area contributed by atoms with Crippen LogP contribution < -0.4 is 19.5 Å². The first-order chi connectivity index (χ1) is 15.8.